The Hall–Kier alpha value is -3.67. The first kappa shape index (κ1) is 21.0. The molecule has 0 heterocycles. The van der Waals surface area contributed by atoms with E-state index in [9.17, 15) is 14.4 Å². The molecule has 0 aliphatic rings. The van der Waals surface area contributed by atoms with Crippen molar-refractivity contribution in [3.8, 4) is 0 Å². The monoisotopic (exact) mass is 403 g/mol. The third-order valence-corrected chi connectivity index (χ3v) is 4.70. The van der Waals surface area contributed by atoms with E-state index in [1.165, 1.54) is 0 Å². The maximum Gasteiger partial charge on any atom is 0.251 e. The van der Waals surface area contributed by atoms with Crippen LogP contribution in [0.4, 0.5) is 0 Å². The summed E-state index contributed by atoms with van der Waals surface area (Å²) in [5.74, 6) is -0.643. The predicted molar refractivity (Wildman–Crippen MR) is 117 cm³/mol. The van der Waals surface area contributed by atoms with Crippen LogP contribution in [0.3, 0.4) is 0 Å². The molecule has 6 nitrogen and oxygen atoms in total. The molecule has 0 saturated carbocycles. The van der Waals surface area contributed by atoms with Crippen molar-refractivity contribution in [1.82, 2.24) is 16.0 Å². The van der Waals surface area contributed by atoms with Crippen LogP contribution in [0.2, 0.25) is 0 Å². The lowest BCUT2D eigenvalue weighted by atomic mass is 10.0. The van der Waals surface area contributed by atoms with Gasteiger partial charge in [0.25, 0.3) is 5.91 Å². The minimum Gasteiger partial charge on any atom is -0.353 e. The van der Waals surface area contributed by atoms with Crippen molar-refractivity contribution in [2.24, 2.45) is 0 Å². The van der Waals surface area contributed by atoms with E-state index in [1.807, 2.05) is 66.7 Å². The Bertz CT molecular complexity index is 1010. The number of nitrogens with one attached hydrogen (secondary N) is 3. The molecule has 0 bridgehead atoms. The van der Waals surface area contributed by atoms with E-state index in [2.05, 4.69) is 16.0 Å². The average molecular weight is 403 g/mol. The summed E-state index contributed by atoms with van der Waals surface area (Å²) >= 11 is 0. The Morgan fingerprint density at radius 3 is 2.20 bits per heavy atom. The van der Waals surface area contributed by atoms with Crippen LogP contribution in [0.1, 0.15) is 22.3 Å². The highest BCUT2D eigenvalue weighted by atomic mass is 16.2. The number of carbonyl (C=O) groups is 3. The quantitative estimate of drug-likeness (QED) is 0.480. The summed E-state index contributed by atoms with van der Waals surface area (Å²) in [6, 6.07) is 23.0. The molecule has 0 radical (unpaired) electrons. The molecule has 3 amide bonds. The first-order valence-corrected chi connectivity index (χ1v) is 9.97. The molecule has 30 heavy (non-hydrogen) atoms. The van der Waals surface area contributed by atoms with Gasteiger partial charge >= 0.3 is 0 Å². The Balaban J connectivity index is 1.33. The zero-order valence-electron chi connectivity index (χ0n) is 16.7. The zero-order valence-corrected chi connectivity index (χ0v) is 16.7. The maximum absolute atomic E-state index is 12.4. The summed E-state index contributed by atoms with van der Waals surface area (Å²) < 4.78 is 0. The highest BCUT2D eigenvalue weighted by Crippen LogP contribution is 2.18. The van der Waals surface area contributed by atoms with Gasteiger partial charge in [-0.3, -0.25) is 14.4 Å². The van der Waals surface area contributed by atoms with E-state index < -0.39 is 0 Å². The van der Waals surface area contributed by atoms with Crippen LogP contribution >= 0.6 is 0 Å². The van der Waals surface area contributed by atoms with Gasteiger partial charge in [0.2, 0.25) is 11.8 Å². The highest BCUT2D eigenvalue weighted by molar-refractivity contribution is 6.07. The molecular weight excluding hydrogens is 378 g/mol. The number of carbonyl (C=O) groups excluding carboxylic acids is 3. The van der Waals surface area contributed by atoms with Crippen LogP contribution in [0.5, 0.6) is 0 Å². The molecule has 3 aromatic carbocycles. The average Bonchev–Trinajstić information content (AvgIpc) is 2.79. The van der Waals surface area contributed by atoms with Gasteiger partial charge in [-0.15, -0.1) is 0 Å². The standard InChI is InChI=1S/C24H25N3O3/c28-22(14-13-18-7-2-1-3-8-18)27-17-23(29)25-15-16-26-24(30)21-12-6-10-19-9-4-5-11-20(19)21/h1-12H,13-17H2,(H,25,29)(H,26,30)(H,27,28). The molecule has 0 aliphatic carbocycles. The Kier molecular flexibility index (Phi) is 7.55. The number of aryl methyl sites for hydroxylation is 1. The smallest absolute Gasteiger partial charge is 0.251 e. The molecule has 0 spiro atoms. The van der Waals surface area contributed by atoms with Gasteiger partial charge < -0.3 is 16.0 Å². The van der Waals surface area contributed by atoms with Gasteiger partial charge in [-0.05, 0) is 28.8 Å². The Labute approximate surface area is 175 Å². The molecule has 0 fully saturated rings. The first-order valence-electron chi connectivity index (χ1n) is 9.97. The lowest BCUT2D eigenvalue weighted by Gasteiger charge is -2.10. The van der Waals surface area contributed by atoms with Crippen molar-refractivity contribution < 1.29 is 14.4 Å². The van der Waals surface area contributed by atoms with Crippen LogP contribution in [-0.4, -0.2) is 37.4 Å². The molecule has 154 valence electrons. The van der Waals surface area contributed by atoms with Gasteiger partial charge in [0.1, 0.15) is 0 Å². The van der Waals surface area contributed by atoms with Crippen LogP contribution in [0.25, 0.3) is 10.8 Å². The van der Waals surface area contributed by atoms with Crippen LogP contribution in [0, 0.1) is 0 Å². The van der Waals surface area contributed by atoms with Crippen molar-refractivity contribution in [1.29, 1.82) is 0 Å². The van der Waals surface area contributed by atoms with Gasteiger partial charge in [-0.25, -0.2) is 0 Å². The van der Waals surface area contributed by atoms with E-state index in [1.54, 1.807) is 6.07 Å². The normalized spacial score (nSPS) is 10.4. The topological polar surface area (TPSA) is 87.3 Å². The summed E-state index contributed by atoms with van der Waals surface area (Å²) in [6.07, 6.45) is 0.965. The fourth-order valence-corrected chi connectivity index (χ4v) is 3.13. The Morgan fingerprint density at radius 2 is 1.37 bits per heavy atom. The van der Waals surface area contributed by atoms with Crippen LogP contribution in [0.15, 0.2) is 72.8 Å². The summed E-state index contributed by atoms with van der Waals surface area (Å²) in [5, 5.41) is 10.00. The molecule has 0 unspecified atom stereocenters. The van der Waals surface area contributed by atoms with E-state index >= 15 is 0 Å². The summed E-state index contributed by atoms with van der Waals surface area (Å²) in [7, 11) is 0. The molecule has 0 aromatic heterocycles. The molecule has 0 saturated heterocycles. The summed E-state index contributed by atoms with van der Waals surface area (Å²) in [4.78, 5) is 36.2. The number of fused-ring (bicyclic) bond motifs is 1. The molecule has 0 atom stereocenters. The summed E-state index contributed by atoms with van der Waals surface area (Å²) in [6.45, 7) is 0.510. The first-order chi connectivity index (χ1) is 14.6. The molecular formula is C24H25N3O3. The minimum atomic E-state index is -0.289. The maximum atomic E-state index is 12.4. The van der Waals surface area contributed by atoms with Gasteiger partial charge in [0, 0.05) is 25.1 Å². The molecule has 6 heteroatoms. The number of hydrogen-bond donors (Lipinski definition) is 3. The van der Waals surface area contributed by atoms with Gasteiger partial charge in [0.15, 0.2) is 0 Å². The fourth-order valence-electron chi connectivity index (χ4n) is 3.13. The fraction of sp³-hybridized carbons (Fsp3) is 0.208. The lowest BCUT2D eigenvalue weighted by Crippen LogP contribution is -2.40. The third kappa shape index (κ3) is 6.17. The second kappa shape index (κ2) is 10.8. The highest BCUT2D eigenvalue weighted by Gasteiger charge is 2.09. The van der Waals surface area contributed by atoms with Crippen molar-refractivity contribution in [3.05, 3.63) is 83.9 Å². The van der Waals surface area contributed by atoms with E-state index in [0.717, 1.165) is 16.3 Å². The molecule has 3 rings (SSSR count). The van der Waals surface area contributed by atoms with Crippen LogP contribution < -0.4 is 16.0 Å². The lowest BCUT2D eigenvalue weighted by molar-refractivity contribution is -0.126. The van der Waals surface area contributed by atoms with Crippen molar-refractivity contribution in [2.75, 3.05) is 19.6 Å². The Morgan fingerprint density at radius 1 is 0.667 bits per heavy atom. The van der Waals surface area contributed by atoms with Crippen molar-refractivity contribution in [3.63, 3.8) is 0 Å². The molecule has 0 aliphatic heterocycles. The van der Waals surface area contributed by atoms with Crippen molar-refractivity contribution in [2.45, 2.75) is 12.8 Å². The van der Waals surface area contributed by atoms with Crippen LogP contribution in [-0.2, 0) is 16.0 Å². The number of rotatable bonds is 9. The molecule has 3 N–H and O–H groups in total. The van der Waals surface area contributed by atoms with E-state index in [4.69, 9.17) is 0 Å². The van der Waals surface area contributed by atoms with Gasteiger partial charge in [-0.1, -0.05) is 66.7 Å². The zero-order chi connectivity index (χ0) is 21.2. The summed E-state index contributed by atoms with van der Waals surface area (Å²) in [5.41, 5.74) is 1.68. The molecule has 3 aromatic rings. The number of amides is 3. The third-order valence-electron chi connectivity index (χ3n) is 4.70. The second-order valence-electron chi connectivity index (χ2n) is 6.89. The number of hydrogen-bond acceptors (Lipinski definition) is 3. The second-order valence-corrected chi connectivity index (χ2v) is 6.89. The van der Waals surface area contributed by atoms with Gasteiger partial charge in [-0.2, -0.15) is 0 Å². The van der Waals surface area contributed by atoms with Crippen molar-refractivity contribution >= 4 is 28.5 Å². The minimum absolute atomic E-state index is 0.0785. The van der Waals surface area contributed by atoms with Gasteiger partial charge in [0.05, 0.1) is 6.54 Å². The van der Waals surface area contributed by atoms with E-state index in [-0.39, 0.29) is 30.8 Å². The number of benzene rings is 3. The SMILES string of the molecule is O=C(CCc1ccccc1)NCC(=O)NCCNC(=O)c1cccc2ccccc12. The predicted octanol–water partition coefficient (Wildman–Crippen LogP) is 2.43. The largest absolute Gasteiger partial charge is 0.353 e. The van der Waals surface area contributed by atoms with E-state index in [0.29, 0.717) is 24.9 Å².